The van der Waals surface area contributed by atoms with E-state index in [1.807, 2.05) is 67.6 Å². The quantitative estimate of drug-likeness (QED) is 0.881. The molecule has 2 heterocycles. The second kappa shape index (κ2) is 7.37. The number of carbonyl (C=O) groups excluding carboxylic acids is 1. The topological polar surface area (TPSA) is 68.5 Å². The minimum Gasteiger partial charge on any atom is -0.360 e. The molecule has 1 N–H and O–H groups in total. The molecule has 2 aromatic rings. The zero-order valence-corrected chi connectivity index (χ0v) is 15.3. The fourth-order valence-corrected chi connectivity index (χ4v) is 3.17. The SMILES string of the molecule is CC1=NN2C(=O)C=C(c3ccc(C#N)cc3)NC2/C=C(\c2ccccc2)C=C1. The molecule has 1 atom stereocenters. The lowest BCUT2D eigenvalue weighted by Gasteiger charge is -2.32. The molecule has 0 fully saturated rings. The molecule has 28 heavy (non-hydrogen) atoms. The highest BCUT2D eigenvalue weighted by Crippen LogP contribution is 2.25. The molecule has 2 aromatic carbocycles. The van der Waals surface area contributed by atoms with Gasteiger partial charge in [0.2, 0.25) is 0 Å². The minimum absolute atomic E-state index is 0.193. The number of benzene rings is 2. The van der Waals surface area contributed by atoms with Crippen LogP contribution in [0.4, 0.5) is 0 Å². The molecule has 0 saturated carbocycles. The number of allylic oxidation sites excluding steroid dienone is 3. The van der Waals surface area contributed by atoms with Crippen LogP contribution in [-0.4, -0.2) is 22.8 Å². The maximum Gasteiger partial charge on any atom is 0.271 e. The number of fused-ring (bicyclic) bond motifs is 1. The largest absolute Gasteiger partial charge is 0.360 e. The van der Waals surface area contributed by atoms with Crippen LogP contribution in [0.2, 0.25) is 0 Å². The molecule has 2 aliphatic heterocycles. The molecule has 1 unspecified atom stereocenters. The van der Waals surface area contributed by atoms with Crippen molar-refractivity contribution in [3.05, 3.63) is 95.6 Å². The maximum atomic E-state index is 12.8. The molecule has 0 bridgehead atoms. The highest BCUT2D eigenvalue weighted by atomic mass is 16.2. The average Bonchev–Trinajstić information content (AvgIpc) is 2.72. The van der Waals surface area contributed by atoms with E-state index in [2.05, 4.69) is 16.5 Å². The molecule has 136 valence electrons. The summed E-state index contributed by atoms with van der Waals surface area (Å²) in [5.74, 6) is -0.193. The Kier molecular flexibility index (Phi) is 4.61. The summed E-state index contributed by atoms with van der Waals surface area (Å²) in [4.78, 5) is 12.8. The summed E-state index contributed by atoms with van der Waals surface area (Å²) < 4.78 is 0. The molecule has 0 spiro atoms. The van der Waals surface area contributed by atoms with Crippen molar-refractivity contribution in [3.8, 4) is 6.07 Å². The molecule has 0 radical (unpaired) electrons. The zero-order chi connectivity index (χ0) is 19.5. The lowest BCUT2D eigenvalue weighted by Crippen LogP contribution is -2.47. The third-order valence-corrected chi connectivity index (χ3v) is 4.60. The van der Waals surface area contributed by atoms with E-state index in [1.54, 1.807) is 12.1 Å². The maximum absolute atomic E-state index is 12.8. The van der Waals surface area contributed by atoms with Crippen molar-refractivity contribution >= 4 is 22.9 Å². The average molecular weight is 366 g/mol. The van der Waals surface area contributed by atoms with Gasteiger partial charge >= 0.3 is 0 Å². The zero-order valence-electron chi connectivity index (χ0n) is 15.3. The number of nitriles is 1. The first-order chi connectivity index (χ1) is 13.6. The summed E-state index contributed by atoms with van der Waals surface area (Å²) in [6.45, 7) is 1.87. The van der Waals surface area contributed by atoms with Crippen LogP contribution in [-0.2, 0) is 4.79 Å². The highest BCUT2D eigenvalue weighted by molar-refractivity contribution is 6.01. The van der Waals surface area contributed by atoms with E-state index in [4.69, 9.17) is 5.26 Å². The Hall–Kier alpha value is -3.91. The van der Waals surface area contributed by atoms with E-state index < -0.39 is 6.17 Å². The van der Waals surface area contributed by atoms with E-state index in [0.717, 1.165) is 22.4 Å². The van der Waals surface area contributed by atoms with Gasteiger partial charge in [-0.15, -0.1) is 0 Å². The first-order valence-electron chi connectivity index (χ1n) is 8.96. The van der Waals surface area contributed by atoms with Gasteiger partial charge < -0.3 is 5.32 Å². The highest BCUT2D eigenvalue weighted by Gasteiger charge is 2.28. The number of hydrazone groups is 1. The summed E-state index contributed by atoms with van der Waals surface area (Å²) in [5, 5.41) is 18.3. The number of rotatable bonds is 2. The van der Waals surface area contributed by atoms with Gasteiger partial charge in [0.15, 0.2) is 0 Å². The van der Waals surface area contributed by atoms with Gasteiger partial charge in [0.25, 0.3) is 5.91 Å². The van der Waals surface area contributed by atoms with E-state index in [9.17, 15) is 4.79 Å². The first-order valence-corrected chi connectivity index (χ1v) is 8.96. The van der Waals surface area contributed by atoms with Gasteiger partial charge in [-0.2, -0.15) is 10.4 Å². The van der Waals surface area contributed by atoms with Crippen LogP contribution in [0.25, 0.3) is 11.3 Å². The van der Waals surface area contributed by atoms with Gasteiger partial charge in [-0.1, -0.05) is 48.5 Å². The fraction of sp³-hybridized carbons (Fsp3) is 0.0870. The number of carbonyl (C=O) groups is 1. The van der Waals surface area contributed by atoms with Gasteiger partial charge in [0.1, 0.15) is 6.17 Å². The Labute approximate surface area is 163 Å². The molecule has 4 rings (SSSR count). The third-order valence-electron chi connectivity index (χ3n) is 4.60. The molecule has 0 saturated heterocycles. The molecule has 1 amide bonds. The van der Waals surface area contributed by atoms with Crippen molar-refractivity contribution in [2.45, 2.75) is 13.1 Å². The molecular weight excluding hydrogens is 348 g/mol. The van der Waals surface area contributed by atoms with E-state index in [1.165, 1.54) is 11.1 Å². The van der Waals surface area contributed by atoms with Crippen molar-refractivity contribution < 1.29 is 4.79 Å². The summed E-state index contributed by atoms with van der Waals surface area (Å²) in [6, 6.07) is 19.3. The van der Waals surface area contributed by atoms with Gasteiger partial charge in [0, 0.05) is 11.8 Å². The number of nitrogens with one attached hydrogen (secondary N) is 1. The molecule has 5 heteroatoms. The second-order valence-electron chi connectivity index (χ2n) is 6.58. The predicted molar refractivity (Wildman–Crippen MR) is 110 cm³/mol. The van der Waals surface area contributed by atoms with Gasteiger partial charge in [-0.05, 0) is 47.9 Å². The molecule has 2 aliphatic rings. The number of nitrogens with zero attached hydrogens (tertiary/aromatic N) is 3. The van der Waals surface area contributed by atoms with Crippen LogP contribution in [0.5, 0.6) is 0 Å². The number of hydrogen-bond donors (Lipinski definition) is 1. The number of amides is 1. The predicted octanol–water partition coefficient (Wildman–Crippen LogP) is 3.69. The molecule has 0 aliphatic carbocycles. The smallest absolute Gasteiger partial charge is 0.271 e. The Balaban J connectivity index is 1.74. The van der Waals surface area contributed by atoms with Crippen molar-refractivity contribution in [1.82, 2.24) is 10.3 Å². The number of hydrogen-bond acceptors (Lipinski definition) is 4. The molecule has 0 aromatic heterocycles. The van der Waals surface area contributed by atoms with Crippen molar-refractivity contribution in [1.29, 1.82) is 5.26 Å². The van der Waals surface area contributed by atoms with Gasteiger partial charge in [-0.25, -0.2) is 5.01 Å². The minimum atomic E-state index is -0.418. The van der Waals surface area contributed by atoms with Crippen LogP contribution < -0.4 is 5.32 Å². The Morgan fingerprint density at radius 2 is 1.79 bits per heavy atom. The summed E-state index contributed by atoms with van der Waals surface area (Å²) in [5.41, 5.74) is 4.95. The van der Waals surface area contributed by atoms with Gasteiger partial charge in [0.05, 0.1) is 17.3 Å². The fourth-order valence-electron chi connectivity index (χ4n) is 3.17. The Morgan fingerprint density at radius 3 is 2.50 bits per heavy atom. The van der Waals surface area contributed by atoms with Crippen LogP contribution in [0, 0.1) is 11.3 Å². The first kappa shape index (κ1) is 17.5. The second-order valence-corrected chi connectivity index (χ2v) is 6.58. The molecular formula is C23H18N4O. The Morgan fingerprint density at radius 1 is 1.04 bits per heavy atom. The monoisotopic (exact) mass is 366 g/mol. The van der Waals surface area contributed by atoms with Crippen LogP contribution in [0.1, 0.15) is 23.6 Å². The van der Waals surface area contributed by atoms with Crippen LogP contribution in [0.3, 0.4) is 0 Å². The van der Waals surface area contributed by atoms with Crippen LogP contribution >= 0.6 is 0 Å². The van der Waals surface area contributed by atoms with E-state index in [0.29, 0.717) is 11.3 Å². The van der Waals surface area contributed by atoms with E-state index >= 15 is 0 Å². The van der Waals surface area contributed by atoms with Gasteiger partial charge in [-0.3, -0.25) is 4.79 Å². The normalized spacial score (nSPS) is 20.4. The van der Waals surface area contributed by atoms with Crippen LogP contribution in [0.15, 0.2) is 84.0 Å². The Bertz CT molecular complexity index is 1070. The van der Waals surface area contributed by atoms with Crippen molar-refractivity contribution in [2.75, 3.05) is 0 Å². The van der Waals surface area contributed by atoms with E-state index in [-0.39, 0.29) is 5.91 Å². The third kappa shape index (κ3) is 3.49. The summed E-state index contributed by atoms with van der Waals surface area (Å²) in [7, 11) is 0. The summed E-state index contributed by atoms with van der Waals surface area (Å²) >= 11 is 0. The summed E-state index contributed by atoms with van der Waals surface area (Å²) in [6.07, 6.45) is 7.03. The lowest BCUT2D eigenvalue weighted by molar-refractivity contribution is -0.128. The van der Waals surface area contributed by atoms with Crippen molar-refractivity contribution in [3.63, 3.8) is 0 Å². The standard InChI is InChI=1S/C23H18N4O/c1-16-7-10-20(18-5-3-2-4-6-18)13-22-25-21(14-23(28)27(22)26-16)19-11-8-17(15-24)9-12-19/h2-14,22,25H,1H3/b10-7?,20-13-,26-16?. The lowest BCUT2D eigenvalue weighted by atomic mass is 10.0. The van der Waals surface area contributed by atoms with Crippen molar-refractivity contribution in [2.24, 2.45) is 5.10 Å². The molecule has 5 nitrogen and oxygen atoms in total.